The third kappa shape index (κ3) is 4.16. The normalized spacial score (nSPS) is 10.7. The van der Waals surface area contributed by atoms with Crippen LogP contribution in [0.4, 0.5) is 11.5 Å². The van der Waals surface area contributed by atoms with Gasteiger partial charge in [-0.2, -0.15) is 0 Å². The quantitative estimate of drug-likeness (QED) is 0.785. The molecule has 0 aliphatic rings. The molecule has 0 aliphatic carbocycles. The summed E-state index contributed by atoms with van der Waals surface area (Å²) in [5.41, 5.74) is 6.75. The minimum absolute atomic E-state index is 0.576. The van der Waals surface area contributed by atoms with E-state index in [0.717, 1.165) is 25.2 Å². The van der Waals surface area contributed by atoms with Crippen molar-refractivity contribution in [3.05, 3.63) is 18.3 Å². The Labute approximate surface area is 91.7 Å². The summed E-state index contributed by atoms with van der Waals surface area (Å²) in [4.78, 5) is 8.36. The number of hydrogen-bond donors (Lipinski definition) is 1. The highest BCUT2D eigenvalue weighted by Gasteiger charge is 2.01. The zero-order valence-electron chi connectivity index (χ0n) is 9.77. The number of rotatable bonds is 5. The van der Waals surface area contributed by atoms with Gasteiger partial charge in [0.05, 0.1) is 0 Å². The highest BCUT2D eigenvalue weighted by Crippen LogP contribution is 2.13. The van der Waals surface area contributed by atoms with Crippen LogP contribution in [0.5, 0.6) is 0 Å². The van der Waals surface area contributed by atoms with Crippen molar-refractivity contribution in [3.63, 3.8) is 0 Å². The first kappa shape index (κ1) is 11.8. The van der Waals surface area contributed by atoms with E-state index < -0.39 is 0 Å². The Kier molecular flexibility index (Phi) is 4.37. The van der Waals surface area contributed by atoms with Crippen LogP contribution in [0, 0.1) is 0 Å². The topological polar surface area (TPSA) is 45.4 Å². The van der Waals surface area contributed by atoms with Gasteiger partial charge in [0.25, 0.3) is 0 Å². The molecule has 0 unspecified atom stereocenters. The summed E-state index contributed by atoms with van der Waals surface area (Å²) in [5, 5.41) is 0. The maximum Gasteiger partial charge on any atom is 0.125 e. The molecule has 0 aliphatic heterocycles. The van der Waals surface area contributed by atoms with Crippen LogP contribution in [-0.2, 0) is 0 Å². The number of hydrogen-bond acceptors (Lipinski definition) is 4. The van der Waals surface area contributed by atoms with E-state index in [0.29, 0.717) is 5.82 Å². The molecule has 0 amide bonds. The van der Waals surface area contributed by atoms with Gasteiger partial charge in [-0.3, -0.25) is 0 Å². The number of pyridine rings is 1. The fraction of sp³-hybridized carbons (Fsp3) is 0.545. The number of aromatic nitrogens is 1. The molecule has 15 heavy (non-hydrogen) atoms. The van der Waals surface area contributed by atoms with Crippen molar-refractivity contribution in [2.24, 2.45) is 0 Å². The van der Waals surface area contributed by atoms with Gasteiger partial charge in [-0.05, 0) is 33.1 Å². The molecular weight excluding hydrogens is 188 g/mol. The van der Waals surface area contributed by atoms with Crippen LogP contribution in [0.1, 0.15) is 6.42 Å². The van der Waals surface area contributed by atoms with Gasteiger partial charge in [-0.15, -0.1) is 0 Å². The first-order chi connectivity index (χ1) is 7.09. The van der Waals surface area contributed by atoms with Crippen molar-refractivity contribution < 1.29 is 0 Å². The van der Waals surface area contributed by atoms with Crippen molar-refractivity contribution in [1.82, 2.24) is 9.88 Å². The molecule has 0 fully saturated rings. The van der Waals surface area contributed by atoms with Crippen LogP contribution in [0.2, 0.25) is 0 Å². The number of nitrogens with zero attached hydrogens (tertiary/aromatic N) is 3. The largest absolute Gasteiger partial charge is 0.384 e. The van der Waals surface area contributed by atoms with Gasteiger partial charge in [-0.25, -0.2) is 4.98 Å². The average Bonchev–Trinajstić information content (AvgIpc) is 2.17. The molecule has 0 saturated carbocycles. The smallest absolute Gasteiger partial charge is 0.125 e. The second-order valence-electron chi connectivity index (χ2n) is 4.02. The van der Waals surface area contributed by atoms with Gasteiger partial charge in [0.2, 0.25) is 0 Å². The molecular formula is C11H20N4. The Morgan fingerprint density at radius 1 is 1.27 bits per heavy atom. The van der Waals surface area contributed by atoms with Crippen molar-refractivity contribution in [2.75, 3.05) is 44.9 Å². The van der Waals surface area contributed by atoms with Crippen LogP contribution < -0.4 is 10.6 Å². The molecule has 4 nitrogen and oxygen atoms in total. The molecule has 0 bridgehead atoms. The predicted molar refractivity (Wildman–Crippen MR) is 65.1 cm³/mol. The van der Waals surface area contributed by atoms with Crippen molar-refractivity contribution in [3.8, 4) is 0 Å². The van der Waals surface area contributed by atoms with E-state index in [9.17, 15) is 0 Å². The first-order valence-electron chi connectivity index (χ1n) is 5.17. The Balaban J connectivity index is 2.43. The van der Waals surface area contributed by atoms with E-state index in [1.54, 1.807) is 6.20 Å². The molecule has 1 heterocycles. The van der Waals surface area contributed by atoms with Crippen molar-refractivity contribution in [2.45, 2.75) is 6.42 Å². The lowest BCUT2D eigenvalue weighted by atomic mass is 10.3. The van der Waals surface area contributed by atoms with Gasteiger partial charge in [0, 0.05) is 31.5 Å². The lowest BCUT2D eigenvalue weighted by molar-refractivity contribution is 0.401. The summed E-state index contributed by atoms with van der Waals surface area (Å²) in [7, 11) is 6.25. The monoisotopic (exact) mass is 208 g/mol. The molecule has 0 atom stereocenters. The SMILES string of the molecule is CN(C)CCCN(C)c1ccnc(N)c1. The summed E-state index contributed by atoms with van der Waals surface area (Å²) in [5.74, 6) is 0.576. The lowest BCUT2D eigenvalue weighted by Crippen LogP contribution is -2.23. The molecule has 0 aromatic carbocycles. The van der Waals surface area contributed by atoms with Gasteiger partial charge in [0.1, 0.15) is 5.82 Å². The molecule has 0 radical (unpaired) electrons. The van der Waals surface area contributed by atoms with Crippen LogP contribution in [0.25, 0.3) is 0 Å². The maximum absolute atomic E-state index is 5.63. The van der Waals surface area contributed by atoms with Gasteiger partial charge in [0.15, 0.2) is 0 Å². The van der Waals surface area contributed by atoms with Crippen molar-refractivity contribution >= 4 is 11.5 Å². The number of nitrogens with two attached hydrogens (primary N) is 1. The molecule has 84 valence electrons. The third-order valence-corrected chi connectivity index (χ3v) is 2.30. The standard InChI is InChI=1S/C11H20N4/c1-14(2)7-4-8-15(3)10-5-6-13-11(12)9-10/h5-6,9H,4,7-8H2,1-3H3,(H2,12,13). The fourth-order valence-electron chi connectivity index (χ4n) is 1.43. The molecule has 1 aromatic heterocycles. The second kappa shape index (κ2) is 5.56. The predicted octanol–water partition coefficient (Wildman–Crippen LogP) is 1.05. The fourth-order valence-corrected chi connectivity index (χ4v) is 1.43. The Bertz CT molecular complexity index is 298. The van der Waals surface area contributed by atoms with E-state index >= 15 is 0 Å². The molecule has 1 aromatic rings. The summed E-state index contributed by atoms with van der Waals surface area (Å²) >= 11 is 0. The Morgan fingerprint density at radius 2 is 2.00 bits per heavy atom. The van der Waals surface area contributed by atoms with Crippen molar-refractivity contribution in [1.29, 1.82) is 0 Å². The van der Waals surface area contributed by atoms with E-state index in [1.165, 1.54) is 0 Å². The highest BCUT2D eigenvalue weighted by molar-refractivity contribution is 5.51. The van der Waals surface area contributed by atoms with Gasteiger partial charge >= 0.3 is 0 Å². The Morgan fingerprint density at radius 3 is 2.60 bits per heavy atom. The summed E-state index contributed by atoms with van der Waals surface area (Å²) in [6, 6.07) is 3.88. The van der Waals surface area contributed by atoms with E-state index in [2.05, 4.69) is 35.9 Å². The van der Waals surface area contributed by atoms with Crippen LogP contribution >= 0.6 is 0 Å². The number of anilines is 2. The van der Waals surface area contributed by atoms with Crippen LogP contribution in [-0.4, -0.2) is 44.1 Å². The average molecular weight is 208 g/mol. The summed E-state index contributed by atoms with van der Waals surface area (Å²) in [6.07, 6.45) is 2.89. The molecule has 2 N–H and O–H groups in total. The maximum atomic E-state index is 5.63. The summed E-state index contributed by atoms with van der Waals surface area (Å²) < 4.78 is 0. The minimum Gasteiger partial charge on any atom is -0.384 e. The highest BCUT2D eigenvalue weighted by atomic mass is 15.1. The van der Waals surface area contributed by atoms with Gasteiger partial charge < -0.3 is 15.5 Å². The first-order valence-corrected chi connectivity index (χ1v) is 5.17. The van der Waals surface area contributed by atoms with E-state index in [4.69, 9.17) is 5.73 Å². The summed E-state index contributed by atoms with van der Waals surface area (Å²) in [6.45, 7) is 2.13. The molecule has 4 heteroatoms. The Hall–Kier alpha value is -1.29. The lowest BCUT2D eigenvalue weighted by Gasteiger charge is -2.20. The van der Waals surface area contributed by atoms with Crippen LogP contribution in [0.3, 0.4) is 0 Å². The zero-order valence-corrected chi connectivity index (χ0v) is 9.77. The zero-order chi connectivity index (χ0) is 11.3. The molecule has 0 saturated heterocycles. The van der Waals surface area contributed by atoms with E-state index in [1.807, 2.05) is 12.1 Å². The number of nitrogen functional groups attached to an aromatic ring is 1. The minimum atomic E-state index is 0.576. The van der Waals surface area contributed by atoms with Crippen LogP contribution in [0.15, 0.2) is 18.3 Å². The molecule has 1 rings (SSSR count). The van der Waals surface area contributed by atoms with Gasteiger partial charge in [-0.1, -0.05) is 0 Å². The second-order valence-corrected chi connectivity index (χ2v) is 4.02. The molecule has 0 spiro atoms. The van der Waals surface area contributed by atoms with E-state index in [-0.39, 0.29) is 0 Å². The third-order valence-electron chi connectivity index (χ3n) is 2.30.